The Hall–Kier alpha value is -3.76. The molecule has 0 aliphatic heterocycles. The average Bonchev–Trinajstić information content (AvgIpc) is 2.99. The second-order valence-electron chi connectivity index (χ2n) is 12.7. The lowest BCUT2D eigenvalue weighted by Gasteiger charge is -2.39. The highest BCUT2D eigenvalue weighted by atomic mass is 31.2. The Balaban J connectivity index is 2.70. The molecule has 0 fully saturated rings. The first-order chi connectivity index (χ1) is 20.7. The van der Waals surface area contributed by atoms with Crippen LogP contribution < -0.4 is 21.0 Å². The van der Waals surface area contributed by atoms with E-state index in [1.165, 1.54) is 0 Å². The summed E-state index contributed by atoms with van der Waals surface area (Å²) in [5, 5.41) is 17.1. The quantitative estimate of drug-likeness (QED) is 0.114. The van der Waals surface area contributed by atoms with E-state index in [1.54, 1.807) is 55.4 Å². The Morgan fingerprint density at radius 2 is 0.955 bits per heavy atom. The van der Waals surface area contributed by atoms with E-state index in [2.05, 4.69) is 0 Å². The largest absolute Gasteiger partial charge is 0.611 e. The molecule has 1 unspecified atom stereocenters. The maximum absolute atomic E-state index is 14.6. The number of esters is 1. The standard InChI is InChI=1S/C37H45O6P/c1-9-42-34(40)29(30(32(38)36(3,4)5)33(39)37(6,7)8)31(35(41)43-10-2)44(26-20-14-11-15-21-26,27-22-16-12-17-23-27)28-24-18-13-19-25-28/h11-25,29-30H,9-10H2,1-8H3/b35-31+. The monoisotopic (exact) mass is 616 g/mol. The predicted octanol–water partition coefficient (Wildman–Crippen LogP) is 5.57. The van der Waals surface area contributed by atoms with Gasteiger partial charge in [-0.1, -0.05) is 103 Å². The average molecular weight is 617 g/mol. The molecule has 0 saturated carbocycles. The van der Waals surface area contributed by atoms with Gasteiger partial charge in [-0.2, -0.15) is 0 Å². The minimum Gasteiger partial charge on any atom is -0.611 e. The van der Waals surface area contributed by atoms with E-state index in [0.29, 0.717) is 0 Å². The van der Waals surface area contributed by atoms with E-state index in [4.69, 9.17) is 9.47 Å². The maximum Gasteiger partial charge on any atom is 0.318 e. The summed E-state index contributed by atoms with van der Waals surface area (Å²) in [5.74, 6) is -5.45. The van der Waals surface area contributed by atoms with Crippen LogP contribution in [-0.4, -0.2) is 30.7 Å². The van der Waals surface area contributed by atoms with Crippen molar-refractivity contribution in [2.75, 3.05) is 13.2 Å². The number of carbonyl (C=O) groups excluding carboxylic acids is 3. The van der Waals surface area contributed by atoms with E-state index in [9.17, 15) is 19.5 Å². The van der Waals surface area contributed by atoms with E-state index in [0.717, 1.165) is 15.9 Å². The van der Waals surface area contributed by atoms with Crippen LogP contribution in [-0.2, 0) is 23.9 Å². The van der Waals surface area contributed by atoms with Crippen molar-refractivity contribution in [3.05, 3.63) is 102 Å². The van der Waals surface area contributed by atoms with Crippen LogP contribution in [0.3, 0.4) is 0 Å². The molecule has 0 bridgehead atoms. The van der Waals surface area contributed by atoms with Crippen molar-refractivity contribution in [2.24, 2.45) is 22.7 Å². The molecule has 0 heterocycles. The Kier molecular flexibility index (Phi) is 11.3. The zero-order valence-corrected chi connectivity index (χ0v) is 28.0. The second kappa shape index (κ2) is 14.3. The van der Waals surface area contributed by atoms with Crippen molar-refractivity contribution in [3.63, 3.8) is 0 Å². The van der Waals surface area contributed by atoms with Gasteiger partial charge in [-0.3, -0.25) is 14.4 Å². The molecule has 6 nitrogen and oxygen atoms in total. The molecule has 3 rings (SSSR count). The van der Waals surface area contributed by atoms with Crippen LogP contribution in [0.2, 0.25) is 0 Å². The summed E-state index contributed by atoms with van der Waals surface area (Å²) in [4.78, 5) is 43.3. The van der Waals surface area contributed by atoms with Crippen molar-refractivity contribution >= 4 is 40.7 Å². The van der Waals surface area contributed by atoms with Gasteiger partial charge in [-0.25, -0.2) is 0 Å². The summed E-state index contributed by atoms with van der Waals surface area (Å²) in [5.41, 5.74) is -2.02. The molecular formula is C37H45O6P. The van der Waals surface area contributed by atoms with Crippen LogP contribution in [0.15, 0.2) is 102 Å². The fourth-order valence-corrected chi connectivity index (χ4v) is 10.1. The maximum atomic E-state index is 14.6. The molecule has 3 aromatic carbocycles. The summed E-state index contributed by atoms with van der Waals surface area (Å²) in [6.45, 7) is 13.7. The van der Waals surface area contributed by atoms with Gasteiger partial charge in [0.05, 0.1) is 18.5 Å². The molecule has 0 aliphatic carbocycles. The number of benzene rings is 3. The van der Waals surface area contributed by atoms with Crippen molar-refractivity contribution in [1.29, 1.82) is 0 Å². The number of ether oxygens (including phenoxy) is 2. The third-order valence-electron chi connectivity index (χ3n) is 7.49. The highest BCUT2D eigenvalue weighted by molar-refractivity contribution is 7.99. The smallest absolute Gasteiger partial charge is 0.318 e. The minimum absolute atomic E-state index is 0.000962. The third kappa shape index (κ3) is 7.13. The van der Waals surface area contributed by atoms with Crippen LogP contribution in [0.4, 0.5) is 0 Å². The second-order valence-corrected chi connectivity index (χ2v) is 16.1. The first-order valence-corrected chi connectivity index (χ1v) is 16.9. The van der Waals surface area contributed by atoms with Gasteiger partial charge in [0.15, 0.2) is 0 Å². The van der Waals surface area contributed by atoms with Gasteiger partial charge in [-0.05, 0) is 49.9 Å². The Labute approximate surface area is 262 Å². The van der Waals surface area contributed by atoms with Gasteiger partial charge in [0.2, 0.25) is 0 Å². The summed E-state index contributed by atoms with van der Waals surface area (Å²) >= 11 is 0. The van der Waals surface area contributed by atoms with Crippen LogP contribution in [0.5, 0.6) is 0 Å². The van der Waals surface area contributed by atoms with E-state index in [1.807, 2.05) is 91.0 Å². The molecule has 0 spiro atoms. The summed E-state index contributed by atoms with van der Waals surface area (Å²) in [6, 6.07) is 28.6. The highest BCUT2D eigenvalue weighted by Gasteiger charge is 2.60. The lowest BCUT2D eigenvalue weighted by Crippen LogP contribution is -2.49. The zero-order chi connectivity index (χ0) is 32.7. The van der Waals surface area contributed by atoms with Crippen molar-refractivity contribution in [3.8, 4) is 0 Å². The molecule has 0 amide bonds. The van der Waals surface area contributed by atoms with Gasteiger partial charge in [0, 0.05) is 10.8 Å². The van der Waals surface area contributed by atoms with Gasteiger partial charge in [-0.15, -0.1) is 0 Å². The molecule has 0 N–H and O–H groups in total. The van der Waals surface area contributed by atoms with Gasteiger partial charge < -0.3 is 14.6 Å². The van der Waals surface area contributed by atoms with Gasteiger partial charge >= 0.3 is 5.97 Å². The number of hydrogen-bond donors (Lipinski definition) is 0. The summed E-state index contributed by atoms with van der Waals surface area (Å²) in [6.07, 6.45) is 0. The van der Waals surface area contributed by atoms with E-state index >= 15 is 0 Å². The first kappa shape index (κ1) is 34.7. The molecule has 234 valence electrons. The summed E-state index contributed by atoms with van der Waals surface area (Å²) in [7, 11) is -3.28. The molecule has 0 radical (unpaired) electrons. The van der Waals surface area contributed by atoms with Crippen molar-refractivity contribution in [1.82, 2.24) is 0 Å². The topological polar surface area (TPSA) is 92.7 Å². The number of carbonyl (C=O) groups is 3. The van der Waals surface area contributed by atoms with Crippen LogP contribution in [0.25, 0.3) is 0 Å². The number of hydrogen-bond acceptors (Lipinski definition) is 6. The number of ketones is 2. The zero-order valence-electron chi connectivity index (χ0n) is 27.1. The fourth-order valence-electron chi connectivity index (χ4n) is 5.49. The molecule has 0 aliphatic rings. The van der Waals surface area contributed by atoms with Crippen molar-refractivity contribution < 1.29 is 29.0 Å². The number of rotatable bonds is 12. The predicted molar refractivity (Wildman–Crippen MR) is 176 cm³/mol. The Bertz CT molecular complexity index is 1330. The normalized spacial score (nSPS) is 13.6. The van der Waals surface area contributed by atoms with Crippen LogP contribution in [0.1, 0.15) is 55.4 Å². The molecule has 0 saturated heterocycles. The minimum atomic E-state index is -3.28. The first-order valence-electron chi connectivity index (χ1n) is 15.1. The summed E-state index contributed by atoms with van der Waals surface area (Å²) < 4.78 is 11.5. The lowest BCUT2D eigenvalue weighted by atomic mass is 9.69. The van der Waals surface area contributed by atoms with Gasteiger partial charge in [0.25, 0.3) is 0 Å². The Morgan fingerprint density at radius 3 is 1.25 bits per heavy atom. The lowest BCUT2D eigenvalue weighted by molar-refractivity contribution is -0.358. The van der Waals surface area contributed by atoms with E-state index < -0.39 is 53.4 Å². The Morgan fingerprint density at radius 1 is 0.614 bits per heavy atom. The van der Waals surface area contributed by atoms with Crippen LogP contribution >= 0.6 is 7.26 Å². The number of Topliss-reactive ketones (excluding diaryl/α,β-unsaturated/α-hetero) is 2. The third-order valence-corrected chi connectivity index (χ3v) is 11.9. The molecule has 44 heavy (non-hydrogen) atoms. The SMILES string of the molecule is CCOC(=O)C(/C(=C(/[O-])OCC)[P+](c1ccccc1)(c1ccccc1)c1ccccc1)C(C(=O)C(C)(C)C)C(=O)C(C)(C)C. The van der Waals surface area contributed by atoms with Crippen molar-refractivity contribution in [2.45, 2.75) is 55.4 Å². The van der Waals surface area contributed by atoms with E-state index in [-0.39, 0.29) is 18.5 Å². The molecular weight excluding hydrogens is 571 g/mol. The van der Waals surface area contributed by atoms with Gasteiger partial charge in [0.1, 0.15) is 46.0 Å². The fraction of sp³-hybridized carbons (Fsp3) is 0.378. The highest BCUT2D eigenvalue weighted by Crippen LogP contribution is 2.66. The molecule has 7 heteroatoms. The molecule has 3 aromatic rings. The molecule has 1 atom stereocenters. The van der Waals surface area contributed by atoms with Crippen LogP contribution in [0, 0.1) is 22.7 Å². The molecule has 0 aromatic heterocycles.